The monoisotopic (exact) mass is 334 g/mol. The molecule has 0 saturated heterocycles. The first-order chi connectivity index (χ1) is 12.2. The molecule has 0 spiro atoms. The van der Waals surface area contributed by atoms with E-state index in [1.54, 1.807) is 6.34 Å². The Morgan fingerprint density at radius 3 is 2.88 bits per heavy atom. The average Bonchev–Trinajstić information content (AvgIpc) is 3.33. The number of nitrogens with two attached hydrogens (primary N) is 1. The molecule has 25 heavy (non-hydrogen) atoms. The van der Waals surface area contributed by atoms with Crippen molar-refractivity contribution in [1.29, 1.82) is 0 Å². The van der Waals surface area contributed by atoms with Crippen LogP contribution in [-0.2, 0) is 7.05 Å². The van der Waals surface area contributed by atoms with Gasteiger partial charge in [0.2, 0.25) is 0 Å². The Morgan fingerprint density at radius 2 is 2.04 bits per heavy atom. The lowest BCUT2D eigenvalue weighted by molar-refractivity contribution is 0.139. The summed E-state index contributed by atoms with van der Waals surface area (Å²) in [6, 6.07) is 9.17. The molecule has 1 aliphatic carbocycles. The molecule has 128 valence electrons. The highest BCUT2D eigenvalue weighted by atomic mass is 15.6. The SMILES string of the molecule is Cn1ccc2cc(C3=C4C(N)=NC=NC4N(C4CCCC4)N3)ccc21. The molecule has 1 unspecified atom stereocenters. The molecular formula is C19H22N6. The van der Waals surface area contributed by atoms with Gasteiger partial charge in [0.25, 0.3) is 0 Å². The van der Waals surface area contributed by atoms with Crippen molar-refractivity contribution < 1.29 is 0 Å². The van der Waals surface area contributed by atoms with E-state index in [9.17, 15) is 0 Å². The van der Waals surface area contributed by atoms with Crippen LogP contribution in [-0.4, -0.2) is 34.0 Å². The number of nitrogens with one attached hydrogen (secondary N) is 1. The number of rotatable bonds is 2. The molecule has 1 aromatic carbocycles. The minimum absolute atomic E-state index is 0.0675. The molecule has 1 atom stereocenters. The fourth-order valence-electron chi connectivity index (χ4n) is 4.28. The molecule has 2 aliphatic heterocycles. The normalized spacial score (nSPS) is 24.0. The number of nitrogens with zero attached hydrogens (tertiary/aromatic N) is 4. The summed E-state index contributed by atoms with van der Waals surface area (Å²) in [6.07, 6.45) is 8.58. The predicted octanol–water partition coefficient (Wildman–Crippen LogP) is 2.38. The molecule has 1 aromatic heterocycles. The number of aromatic nitrogens is 1. The summed E-state index contributed by atoms with van der Waals surface area (Å²) in [7, 11) is 2.07. The molecule has 1 saturated carbocycles. The topological polar surface area (TPSA) is 70.9 Å². The van der Waals surface area contributed by atoms with E-state index >= 15 is 0 Å². The molecule has 3 N–H and O–H groups in total. The highest BCUT2D eigenvalue weighted by Gasteiger charge is 2.40. The van der Waals surface area contributed by atoms with Crippen LogP contribution >= 0.6 is 0 Å². The number of aliphatic imine (C=N–C) groups is 2. The molecule has 0 amide bonds. The van der Waals surface area contributed by atoms with E-state index in [-0.39, 0.29) is 6.17 Å². The zero-order valence-electron chi connectivity index (χ0n) is 14.3. The van der Waals surface area contributed by atoms with Crippen molar-refractivity contribution in [3.05, 3.63) is 41.6 Å². The zero-order chi connectivity index (χ0) is 17.0. The summed E-state index contributed by atoms with van der Waals surface area (Å²) in [5.74, 6) is 0.566. The highest BCUT2D eigenvalue weighted by molar-refractivity contribution is 6.09. The zero-order valence-corrected chi connectivity index (χ0v) is 14.3. The Balaban J connectivity index is 1.60. The molecule has 5 rings (SSSR count). The van der Waals surface area contributed by atoms with Gasteiger partial charge in [-0.15, -0.1) is 0 Å². The van der Waals surface area contributed by atoms with Crippen molar-refractivity contribution in [1.82, 2.24) is 15.0 Å². The summed E-state index contributed by atoms with van der Waals surface area (Å²) >= 11 is 0. The van der Waals surface area contributed by atoms with Gasteiger partial charge in [0.15, 0.2) is 6.17 Å². The van der Waals surface area contributed by atoms with Crippen LogP contribution in [0.25, 0.3) is 16.6 Å². The fraction of sp³-hybridized carbons (Fsp3) is 0.368. The van der Waals surface area contributed by atoms with Crippen LogP contribution in [0.2, 0.25) is 0 Å². The molecule has 3 aliphatic rings. The van der Waals surface area contributed by atoms with Gasteiger partial charge in [0.1, 0.15) is 12.2 Å². The van der Waals surface area contributed by atoms with Crippen molar-refractivity contribution in [3.8, 4) is 0 Å². The number of amidine groups is 1. The third-order valence-corrected chi connectivity index (χ3v) is 5.60. The van der Waals surface area contributed by atoms with E-state index in [1.807, 2.05) is 0 Å². The Kier molecular flexibility index (Phi) is 3.21. The van der Waals surface area contributed by atoms with Crippen molar-refractivity contribution in [3.63, 3.8) is 0 Å². The lowest BCUT2D eigenvalue weighted by Crippen LogP contribution is -2.46. The van der Waals surface area contributed by atoms with Gasteiger partial charge < -0.3 is 15.7 Å². The quantitative estimate of drug-likeness (QED) is 0.886. The summed E-state index contributed by atoms with van der Waals surface area (Å²) in [6.45, 7) is 0. The maximum absolute atomic E-state index is 6.26. The molecule has 0 radical (unpaired) electrons. The number of hydrazine groups is 1. The first kappa shape index (κ1) is 14.7. The molecule has 0 bridgehead atoms. The van der Waals surface area contributed by atoms with E-state index < -0.39 is 0 Å². The molecule has 1 fully saturated rings. The highest BCUT2D eigenvalue weighted by Crippen LogP contribution is 2.36. The van der Waals surface area contributed by atoms with E-state index in [2.05, 4.69) is 62.5 Å². The molecule has 3 heterocycles. The smallest absolute Gasteiger partial charge is 0.152 e. The molecule has 2 aromatic rings. The van der Waals surface area contributed by atoms with Gasteiger partial charge in [0.05, 0.1) is 11.3 Å². The number of fused-ring (bicyclic) bond motifs is 2. The summed E-state index contributed by atoms with van der Waals surface area (Å²) in [5.41, 5.74) is 14.3. The second-order valence-electron chi connectivity index (χ2n) is 7.10. The van der Waals surface area contributed by atoms with Crippen LogP contribution < -0.4 is 11.2 Å². The molecular weight excluding hydrogens is 312 g/mol. The largest absolute Gasteiger partial charge is 0.383 e. The second kappa shape index (κ2) is 5.46. The van der Waals surface area contributed by atoms with Crippen LogP contribution in [0.1, 0.15) is 31.2 Å². The van der Waals surface area contributed by atoms with Crippen LogP contribution in [0, 0.1) is 0 Å². The lowest BCUT2D eigenvalue weighted by Gasteiger charge is -2.29. The predicted molar refractivity (Wildman–Crippen MR) is 101 cm³/mol. The van der Waals surface area contributed by atoms with Gasteiger partial charge in [-0.3, -0.25) is 0 Å². The molecule has 6 heteroatoms. The maximum atomic E-state index is 6.26. The second-order valence-corrected chi connectivity index (χ2v) is 7.10. The van der Waals surface area contributed by atoms with Crippen LogP contribution in [0.3, 0.4) is 0 Å². The van der Waals surface area contributed by atoms with Crippen LogP contribution in [0.4, 0.5) is 0 Å². The minimum Gasteiger partial charge on any atom is -0.383 e. The summed E-state index contributed by atoms with van der Waals surface area (Å²) < 4.78 is 2.13. The van der Waals surface area contributed by atoms with E-state index in [1.165, 1.54) is 36.6 Å². The van der Waals surface area contributed by atoms with Crippen molar-refractivity contribution in [2.45, 2.75) is 37.9 Å². The Bertz CT molecular complexity index is 929. The number of aryl methyl sites for hydroxylation is 1. The van der Waals surface area contributed by atoms with Crippen molar-refractivity contribution in [2.24, 2.45) is 22.8 Å². The number of hydrogen-bond donors (Lipinski definition) is 2. The third-order valence-electron chi connectivity index (χ3n) is 5.60. The first-order valence-electron chi connectivity index (χ1n) is 8.92. The Morgan fingerprint density at radius 1 is 1.20 bits per heavy atom. The first-order valence-corrected chi connectivity index (χ1v) is 8.92. The maximum Gasteiger partial charge on any atom is 0.152 e. The minimum atomic E-state index is -0.0675. The van der Waals surface area contributed by atoms with E-state index in [4.69, 9.17) is 5.73 Å². The van der Waals surface area contributed by atoms with Gasteiger partial charge in [-0.25, -0.2) is 9.98 Å². The van der Waals surface area contributed by atoms with Gasteiger partial charge in [-0.05, 0) is 31.0 Å². The number of hydrogen-bond acceptors (Lipinski definition) is 5. The summed E-state index contributed by atoms with van der Waals surface area (Å²) in [4.78, 5) is 8.87. The van der Waals surface area contributed by atoms with Gasteiger partial charge in [-0.1, -0.05) is 18.9 Å². The van der Waals surface area contributed by atoms with Gasteiger partial charge in [0, 0.05) is 35.8 Å². The van der Waals surface area contributed by atoms with Gasteiger partial charge >= 0.3 is 0 Å². The standard InChI is InChI=1S/C19H22N6/c1-24-9-8-12-10-13(6-7-15(12)24)17-16-18(20)21-11-22-19(16)25(23-17)14-4-2-3-5-14/h6-11,14,19,23H,2-5H2,1H3,(H2,20,21,22). The summed E-state index contributed by atoms with van der Waals surface area (Å²) in [5, 5.41) is 3.51. The van der Waals surface area contributed by atoms with Gasteiger partial charge in [-0.2, -0.15) is 5.01 Å². The van der Waals surface area contributed by atoms with Crippen LogP contribution in [0.5, 0.6) is 0 Å². The van der Waals surface area contributed by atoms with E-state index in [0.717, 1.165) is 16.8 Å². The van der Waals surface area contributed by atoms with E-state index in [0.29, 0.717) is 11.9 Å². The lowest BCUT2D eigenvalue weighted by atomic mass is 10.0. The molecule has 6 nitrogen and oxygen atoms in total. The number of benzene rings is 1. The average molecular weight is 334 g/mol. The Labute approximate surface area is 146 Å². The van der Waals surface area contributed by atoms with Crippen molar-refractivity contribution >= 4 is 28.8 Å². The van der Waals surface area contributed by atoms with Crippen LogP contribution in [0.15, 0.2) is 46.0 Å². The Hall–Kier alpha value is -2.60. The van der Waals surface area contributed by atoms with Crippen molar-refractivity contribution in [2.75, 3.05) is 0 Å². The fourth-order valence-corrected chi connectivity index (χ4v) is 4.28. The third kappa shape index (κ3) is 2.21.